The van der Waals surface area contributed by atoms with Crippen LogP contribution >= 0.6 is 12.6 Å². The molecule has 1 aromatic carbocycles. The van der Waals surface area contributed by atoms with Gasteiger partial charge in [0.1, 0.15) is 6.23 Å². The van der Waals surface area contributed by atoms with Crippen molar-refractivity contribution in [1.29, 1.82) is 0 Å². The average Bonchev–Trinajstić information content (AvgIpc) is 2.82. The first-order valence-electron chi connectivity index (χ1n) is 11.0. The molecule has 0 radical (unpaired) electrons. The van der Waals surface area contributed by atoms with Crippen molar-refractivity contribution in [2.24, 2.45) is 5.92 Å². The minimum Gasteiger partial charge on any atom is -0.367 e. The van der Waals surface area contributed by atoms with E-state index in [9.17, 15) is 0 Å². The van der Waals surface area contributed by atoms with Gasteiger partial charge in [-0.1, -0.05) is 6.07 Å². The zero-order chi connectivity index (χ0) is 21.2. The molecule has 0 aliphatic carbocycles. The summed E-state index contributed by atoms with van der Waals surface area (Å²) in [5.41, 5.74) is 5.34. The first-order valence-corrected chi connectivity index (χ1v) is 11.9. The Morgan fingerprint density at radius 2 is 1.97 bits per heavy atom. The third-order valence-corrected chi connectivity index (χ3v) is 6.03. The summed E-state index contributed by atoms with van der Waals surface area (Å²) >= 11 is 3.53. The van der Waals surface area contributed by atoms with Crippen LogP contribution in [0, 0.1) is 5.92 Å². The first kappa shape index (κ1) is 23.1. The maximum Gasteiger partial charge on any atom is 0.133 e. The predicted molar refractivity (Wildman–Crippen MR) is 128 cm³/mol. The van der Waals surface area contributed by atoms with E-state index in [0.717, 1.165) is 45.1 Å². The van der Waals surface area contributed by atoms with Crippen molar-refractivity contribution in [3.05, 3.63) is 59.4 Å². The number of rotatable bonds is 7. The maximum atomic E-state index is 5.79. The van der Waals surface area contributed by atoms with Crippen molar-refractivity contribution >= 4 is 18.3 Å². The van der Waals surface area contributed by atoms with Crippen LogP contribution in [0.15, 0.2) is 42.7 Å². The second kappa shape index (κ2) is 12.3. The summed E-state index contributed by atoms with van der Waals surface area (Å²) in [6, 6.07) is 11.1. The van der Waals surface area contributed by atoms with Gasteiger partial charge in [0.2, 0.25) is 0 Å². The van der Waals surface area contributed by atoms with Crippen LogP contribution in [-0.4, -0.2) is 44.5 Å². The van der Waals surface area contributed by atoms with E-state index in [4.69, 9.17) is 4.74 Å². The van der Waals surface area contributed by atoms with Crippen LogP contribution in [0.4, 0.5) is 5.69 Å². The lowest BCUT2D eigenvalue weighted by atomic mass is 9.96. The van der Waals surface area contributed by atoms with E-state index >= 15 is 0 Å². The van der Waals surface area contributed by atoms with Crippen molar-refractivity contribution in [3.63, 3.8) is 0 Å². The summed E-state index contributed by atoms with van der Waals surface area (Å²) in [5, 5.41) is 7.08. The largest absolute Gasteiger partial charge is 0.367 e. The lowest BCUT2D eigenvalue weighted by Gasteiger charge is -2.32. The number of pyridine rings is 1. The fraction of sp³-hybridized carbons (Fsp3) is 0.542. The normalized spacial score (nSPS) is 17.6. The number of fused-ring (bicyclic) bond motifs is 1. The highest BCUT2D eigenvalue weighted by atomic mass is 32.1. The van der Waals surface area contributed by atoms with Gasteiger partial charge in [0, 0.05) is 44.8 Å². The Morgan fingerprint density at radius 3 is 2.70 bits per heavy atom. The maximum absolute atomic E-state index is 5.79. The van der Waals surface area contributed by atoms with E-state index in [-0.39, 0.29) is 6.23 Å². The fourth-order valence-electron chi connectivity index (χ4n) is 4.43. The second-order valence-corrected chi connectivity index (χ2v) is 7.99. The summed E-state index contributed by atoms with van der Waals surface area (Å²) < 4.78 is 5.79. The van der Waals surface area contributed by atoms with Gasteiger partial charge < -0.3 is 15.0 Å². The SMILES string of the molecule is COC(NCC1CCNCC1)c1ccc2c(c1)CCCN2Cc1ccncc1.CS. The third-order valence-electron chi connectivity index (χ3n) is 6.03. The molecule has 2 N–H and O–H groups in total. The Morgan fingerprint density at radius 1 is 1.20 bits per heavy atom. The number of methoxy groups -OCH3 is 1. The molecule has 30 heavy (non-hydrogen) atoms. The van der Waals surface area contributed by atoms with Crippen LogP contribution in [-0.2, 0) is 17.7 Å². The number of hydrogen-bond acceptors (Lipinski definition) is 6. The summed E-state index contributed by atoms with van der Waals surface area (Å²) in [5.74, 6) is 0.743. The number of nitrogens with zero attached hydrogens (tertiary/aromatic N) is 2. The van der Waals surface area contributed by atoms with E-state index in [2.05, 4.69) is 63.5 Å². The van der Waals surface area contributed by atoms with Gasteiger partial charge >= 0.3 is 0 Å². The molecule has 1 aromatic heterocycles. The third kappa shape index (κ3) is 6.20. The predicted octanol–water partition coefficient (Wildman–Crippen LogP) is 3.81. The number of benzene rings is 1. The summed E-state index contributed by atoms with van der Waals surface area (Å²) in [6.45, 7) is 5.34. The Kier molecular flexibility index (Phi) is 9.46. The molecular formula is C24H36N4OS. The molecule has 0 saturated carbocycles. The Hall–Kier alpha value is -1.60. The van der Waals surface area contributed by atoms with Gasteiger partial charge in [-0.3, -0.25) is 10.3 Å². The lowest BCUT2D eigenvalue weighted by molar-refractivity contribution is 0.0681. The number of piperidine rings is 1. The molecule has 6 heteroatoms. The van der Waals surface area contributed by atoms with E-state index in [0.29, 0.717) is 0 Å². The van der Waals surface area contributed by atoms with E-state index in [1.165, 1.54) is 41.6 Å². The number of aryl methyl sites for hydroxylation is 1. The van der Waals surface area contributed by atoms with Crippen molar-refractivity contribution in [1.82, 2.24) is 15.6 Å². The summed E-state index contributed by atoms with van der Waals surface area (Å²) in [4.78, 5) is 6.62. The van der Waals surface area contributed by atoms with Crippen LogP contribution < -0.4 is 15.5 Å². The Labute approximate surface area is 187 Å². The average molecular weight is 429 g/mol. The van der Waals surface area contributed by atoms with Gasteiger partial charge in [0.05, 0.1) is 0 Å². The van der Waals surface area contributed by atoms with Crippen molar-refractivity contribution in [3.8, 4) is 0 Å². The van der Waals surface area contributed by atoms with Gasteiger partial charge in [-0.25, -0.2) is 0 Å². The minimum absolute atomic E-state index is 0.0317. The van der Waals surface area contributed by atoms with Gasteiger partial charge in [-0.05, 0) is 91.9 Å². The Bertz CT molecular complexity index is 752. The minimum atomic E-state index is -0.0317. The number of thiol groups is 1. The zero-order valence-corrected chi connectivity index (χ0v) is 19.2. The highest BCUT2D eigenvalue weighted by molar-refractivity contribution is 7.79. The molecule has 4 rings (SSSR count). The van der Waals surface area contributed by atoms with Gasteiger partial charge in [-0.2, -0.15) is 12.6 Å². The van der Waals surface area contributed by atoms with E-state index in [1.807, 2.05) is 12.4 Å². The topological polar surface area (TPSA) is 49.4 Å². The van der Waals surface area contributed by atoms with Crippen LogP contribution in [0.5, 0.6) is 0 Å². The number of anilines is 1. The molecule has 2 aliphatic rings. The van der Waals surface area contributed by atoms with E-state index in [1.54, 1.807) is 13.4 Å². The molecule has 2 aliphatic heterocycles. The quantitative estimate of drug-likeness (QED) is 0.462. The van der Waals surface area contributed by atoms with Crippen LogP contribution in [0.25, 0.3) is 0 Å². The van der Waals surface area contributed by atoms with Crippen molar-refractivity contribution in [2.75, 3.05) is 44.4 Å². The molecule has 2 aromatic rings. The number of aromatic nitrogens is 1. The Balaban J connectivity index is 0.00000124. The highest BCUT2D eigenvalue weighted by Crippen LogP contribution is 2.31. The van der Waals surface area contributed by atoms with Gasteiger partial charge in [0.25, 0.3) is 0 Å². The molecule has 1 unspecified atom stereocenters. The highest BCUT2D eigenvalue weighted by Gasteiger charge is 2.21. The van der Waals surface area contributed by atoms with Gasteiger partial charge in [-0.15, -0.1) is 0 Å². The van der Waals surface area contributed by atoms with Crippen molar-refractivity contribution < 1.29 is 4.74 Å². The summed E-state index contributed by atoms with van der Waals surface area (Å²) in [6.07, 6.45) is 10.2. The monoisotopic (exact) mass is 428 g/mol. The number of nitrogens with one attached hydrogen (secondary N) is 2. The molecular weight excluding hydrogens is 392 g/mol. The molecule has 3 heterocycles. The van der Waals surface area contributed by atoms with Crippen LogP contribution in [0.1, 0.15) is 42.2 Å². The standard InChI is InChI=1S/C23H32N4O.CH4S/c1-28-23(26-16-18-6-10-24-11-7-18)21-4-5-22-20(15-21)3-2-14-27(22)17-19-8-12-25-13-9-19;1-2/h4-5,8-9,12-13,15,18,23-24,26H,2-3,6-7,10-11,14,16-17H2,1H3;2H,1H3. The molecule has 1 atom stereocenters. The van der Waals surface area contributed by atoms with Crippen LogP contribution in [0.2, 0.25) is 0 Å². The number of ether oxygens (including phenoxy) is 1. The molecule has 0 amide bonds. The smallest absolute Gasteiger partial charge is 0.133 e. The second-order valence-electron chi connectivity index (χ2n) is 7.99. The zero-order valence-electron chi connectivity index (χ0n) is 18.3. The molecule has 1 saturated heterocycles. The van der Waals surface area contributed by atoms with Crippen LogP contribution in [0.3, 0.4) is 0 Å². The molecule has 5 nitrogen and oxygen atoms in total. The molecule has 0 bridgehead atoms. The first-order chi connectivity index (χ1) is 14.8. The summed E-state index contributed by atoms with van der Waals surface area (Å²) in [7, 11) is 1.80. The molecule has 0 spiro atoms. The lowest BCUT2D eigenvalue weighted by Crippen LogP contribution is -2.35. The van der Waals surface area contributed by atoms with E-state index < -0.39 is 0 Å². The number of hydrogen-bond donors (Lipinski definition) is 3. The van der Waals surface area contributed by atoms with Gasteiger partial charge in [0.15, 0.2) is 0 Å². The molecule has 1 fully saturated rings. The fourth-order valence-corrected chi connectivity index (χ4v) is 4.43. The molecule has 164 valence electrons. The van der Waals surface area contributed by atoms with Crippen molar-refractivity contribution in [2.45, 2.75) is 38.5 Å².